The monoisotopic (exact) mass is 422 g/mol. The summed E-state index contributed by atoms with van der Waals surface area (Å²) in [4.78, 5) is 4.77. The van der Waals surface area contributed by atoms with Crippen molar-refractivity contribution < 1.29 is 4.74 Å². The van der Waals surface area contributed by atoms with Gasteiger partial charge in [-0.15, -0.1) is 21.5 Å². The van der Waals surface area contributed by atoms with Crippen LogP contribution in [0.15, 0.2) is 65.1 Å². The molecular weight excluding hydrogens is 400 g/mol. The molecule has 4 aromatic rings. The van der Waals surface area contributed by atoms with Crippen molar-refractivity contribution in [2.75, 3.05) is 7.11 Å². The third-order valence-corrected chi connectivity index (χ3v) is 6.49. The number of thioether (sulfide) groups is 1. The van der Waals surface area contributed by atoms with Gasteiger partial charge in [0, 0.05) is 29.7 Å². The smallest absolute Gasteiger partial charge is 0.191 e. The predicted molar refractivity (Wildman–Crippen MR) is 119 cm³/mol. The number of rotatable bonds is 8. The molecule has 29 heavy (non-hydrogen) atoms. The molecule has 0 fully saturated rings. The lowest BCUT2D eigenvalue weighted by Gasteiger charge is -2.07. The van der Waals surface area contributed by atoms with Gasteiger partial charge in [-0.05, 0) is 24.6 Å². The number of thiazole rings is 1. The number of hydrogen-bond donors (Lipinski definition) is 0. The van der Waals surface area contributed by atoms with Gasteiger partial charge in [0.1, 0.15) is 16.6 Å². The van der Waals surface area contributed by atoms with Gasteiger partial charge in [-0.1, -0.05) is 54.2 Å². The second kappa shape index (κ2) is 9.24. The highest BCUT2D eigenvalue weighted by molar-refractivity contribution is 7.98. The Bertz CT molecular complexity index is 1060. The summed E-state index contributed by atoms with van der Waals surface area (Å²) < 4.78 is 7.41. The lowest BCUT2D eigenvalue weighted by Crippen LogP contribution is -2.04. The largest absolute Gasteiger partial charge is 0.497 e. The molecule has 5 nitrogen and oxygen atoms in total. The van der Waals surface area contributed by atoms with Gasteiger partial charge >= 0.3 is 0 Å². The average molecular weight is 423 g/mol. The standard InChI is InChI=1S/C22H22N4OS2/c1-3-26-20(13-16-9-11-19(27-2)12-10-16)24-25-22(26)29-15-18-14-28-21(23-18)17-7-5-4-6-8-17/h4-12,14H,3,13,15H2,1-2H3. The molecule has 0 saturated carbocycles. The summed E-state index contributed by atoms with van der Waals surface area (Å²) in [5.41, 5.74) is 3.42. The Kier molecular flexibility index (Phi) is 6.27. The van der Waals surface area contributed by atoms with Gasteiger partial charge < -0.3 is 9.30 Å². The van der Waals surface area contributed by atoms with Crippen LogP contribution in [0.2, 0.25) is 0 Å². The maximum atomic E-state index is 5.23. The number of methoxy groups -OCH3 is 1. The quantitative estimate of drug-likeness (QED) is 0.360. The highest BCUT2D eigenvalue weighted by Gasteiger charge is 2.13. The van der Waals surface area contributed by atoms with E-state index in [1.54, 1.807) is 30.2 Å². The van der Waals surface area contributed by atoms with E-state index >= 15 is 0 Å². The Morgan fingerprint density at radius 1 is 1.03 bits per heavy atom. The van der Waals surface area contributed by atoms with E-state index in [2.05, 4.69) is 51.3 Å². The molecule has 0 atom stereocenters. The minimum Gasteiger partial charge on any atom is -0.497 e. The zero-order valence-corrected chi connectivity index (χ0v) is 18.0. The van der Waals surface area contributed by atoms with Gasteiger partial charge in [-0.3, -0.25) is 0 Å². The zero-order valence-electron chi connectivity index (χ0n) is 16.4. The van der Waals surface area contributed by atoms with Crippen molar-refractivity contribution in [2.45, 2.75) is 30.8 Å². The third-order valence-electron chi connectivity index (χ3n) is 4.55. The van der Waals surface area contributed by atoms with Crippen molar-refractivity contribution >= 4 is 23.1 Å². The molecule has 0 aliphatic carbocycles. The molecular formula is C22H22N4OS2. The molecule has 2 heterocycles. The van der Waals surface area contributed by atoms with Crippen molar-refractivity contribution in [3.63, 3.8) is 0 Å². The topological polar surface area (TPSA) is 52.8 Å². The highest BCUT2D eigenvalue weighted by atomic mass is 32.2. The Labute approximate surface area is 178 Å². The van der Waals surface area contributed by atoms with Gasteiger partial charge in [-0.2, -0.15) is 0 Å². The molecule has 0 unspecified atom stereocenters. The fourth-order valence-corrected chi connectivity index (χ4v) is 4.87. The maximum Gasteiger partial charge on any atom is 0.191 e. The van der Waals surface area contributed by atoms with Crippen LogP contribution in [-0.2, 0) is 18.7 Å². The van der Waals surface area contributed by atoms with E-state index in [4.69, 9.17) is 9.72 Å². The van der Waals surface area contributed by atoms with Gasteiger partial charge in [0.25, 0.3) is 0 Å². The first kappa shape index (κ1) is 19.7. The molecule has 0 N–H and O–H groups in total. The van der Waals surface area contributed by atoms with E-state index in [-0.39, 0.29) is 0 Å². The molecule has 0 spiro atoms. The first-order valence-electron chi connectivity index (χ1n) is 9.44. The Balaban J connectivity index is 1.43. The summed E-state index contributed by atoms with van der Waals surface area (Å²) in [7, 11) is 1.68. The number of hydrogen-bond acceptors (Lipinski definition) is 6. The van der Waals surface area contributed by atoms with Crippen LogP contribution in [0.25, 0.3) is 10.6 Å². The molecule has 148 valence electrons. The minimum absolute atomic E-state index is 0.750. The normalized spacial score (nSPS) is 11.0. The van der Waals surface area contributed by atoms with Gasteiger partial charge in [0.15, 0.2) is 5.16 Å². The SMILES string of the molecule is CCn1c(Cc2ccc(OC)cc2)nnc1SCc1csc(-c2ccccc2)n1. The van der Waals surface area contributed by atoms with E-state index in [0.29, 0.717) is 0 Å². The maximum absolute atomic E-state index is 5.23. The van der Waals surface area contributed by atoms with Crippen molar-refractivity contribution in [3.05, 3.63) is 77.1 Å². The average Bonchev–Trinajstić information content (AvgIpc) is 3.40. The molecule has 0 radical (unpaired) electrons. The summed E-state index contributed by atoms with van der Waals surface area (Å²) in [5, 5.41) is 13.0. The fraction of sp³-hybridized carbons (Fsp3) is 0.227. The Morgan fingerprint density at radius 2 is 1.83 bits per heavy atom. The first-order valence-corrected chi connectivity index (χ1v) is 11.3. The van der Waals surface area contributed by atoms with Gasteiger partial charge in [0.2, 0.25) is 0 Å². The van der Waals surface area contributed by atoms with Crippen LogP contribution in [0.3, 0.4) is 0 Å². The Morgan fingerprint density at radius 3 is 2.55 bits per heavy atom. The second-order valence-corrected chi connectivity index (χ2v) is 8.27. The van der Waals surface area contributed by atoms with Crippen LogP contribution in [0.5, 0.6) is 5.75 Å². The summed E-state index contributed by atoms with van der Waals surface area (Å²) in [6.45, 7) is 2.97. The molecule has 2 aromatic heterocycles. The highest BCUT2D eigenvalue weighted by Crippen LogP contribution is 2.28. The summed E-state index contributed by atoms with van der Waals surface area (Å²) >= 11 is 3.36. The van der Waals surface area contributed by atoms with Crippen LogP contribution < -0.4 is 4.74 Å². The molecule has 7 heteroatoms. The lowest BCUT2D eigenvalue weighted by molar-refractivity contribution is 0.414. The summed E-state index contributed by atoms with van der Waals surface area (Å²) in [5.74, 6) is 2.62. The lowest BCUT2D eigenvalue weighted by atomic mass is 10.1. The van der Waals surface area contributed by atoms with Crippen molar-refractivity contribution in [3.8, 4) is 16.3 Å². The predicted octanol–water partition coefficient (Wildman–Crippen LogP) is 5.31. The van der Waals surface area contributed by atoms with Crippen LogP contribution in [0, 0.1) is 0 Å². The molecule has 0 bridgehead atoms. The van der Waals surface area contributed by atoms with Crippen molar-refractivity contribution in [2.24, 2.45) is 0 Å². The third kappa shape index (κ3) is 4.68. The van der Waals surface area contributed by atoms with Crippen LogP contribution in [-0.4, -0.2) is 26.9 Å². The molecule has 0 saturated heterocycles. The van der Waals surface area contributed by atoms with Gasteiger partial charge in [-0.25, -0.2) is 4.98 Å². The van der Waals surface area contributed by atoms with Gasteiger partial charge in [0.05, 0.1) is 12.8 Å². The molecule has 0 aliphatic heterocycles. The Hall–Kier alpha value is -2.64. The molecule has 0 amide bonds. The van der Waals surface area contributed by atoms with Crippen LogP contribution >= 0.6 is 23.1 Å². The van der Waals surface area contributed by atoms with Crippen molar-refractivity contribution in [1.29, 1.82) is 0 Å². The molecule has 4 rings (SSSR count). The first-order chi connectivity index (χ1) is 14.3. The molecule has 2 aromatic carbocycles. The van der Waals surface area contributed by atoms with E-state index in [1.165, 1.54) is 5.56 Å². The second-order valence-electron chi connectivity index (χ2n) is 6.47. The van der Waals surface area contributed by atoms with Crippen LogP contribution in [0.4, 0.5) is 0 Å². The summed E-state index contributed by atoms with van der Waals surface area (Å²) in [6, 6.07) is 18.4. The number of ether oxygens (including phenoxy) is 1. The summed E-state index contributed by atoms with van der Waals surface area (Å²) in [6.07, 6.45) is 0.750. The fourth-order valence-electron chi connectivity index (χ4n) is 3.03. The van der Waals surface area contributed by atoms with E-state index in [9.17, 15) is 0 Å². The van der Waals surface area contributed by atoms with E-state index < -0.39 is 0 Å². The number of nitrogens with zero attached hydrogens (tertiary/aromatic N) is 4. The zero-order chi connectivity index (χ0) is 20.1. The van der Waals surface area contributed by atoms with E-state index in [0.717, 1.165) is 51.7 Å². The minimum atomic E-state index is 0.750. The molecule has 0 aliphatic rings. The van der Waals surface area contributed by atoms with Crippen molar-refractivity contribution in [1.82, 2.24) is 19.7 Å². The van der Waals surface area contributed by atoms with Crippen LogP contribution in [0.1, 0.15) is 24.0 Å². The van der Waals surface area contributed by atoms with E-state index in [1.807, 2.05) is 30.3 Å². The number of benzene rings is 2. The number of aromatic nitrogens is 4.